The molecule has 2 N–H and O–H groups in total. The smallest absolute Gasteiger partial charge is 0.387 e. The van der Waals surface area contributed by atoms with Gasteiger partial charge in [-0.25, -0.2) is 0 Å². The molecule has 30 heavy (non-hydrogen) atoms. The Labute approximate surface area is 192 Å². The molecule has 9 heteroatoms. The summed E-state index contributed by atoms with van der Waals surface area (Å²) in [5, 5.41) is 15.1. The van der Waals surface area contributed by atoms with E-state index in [4.69, 9.17) is 10.00 Å². The first-order valence-corrected chi connectivity index (χ1v) is 9.19. The number of aliphatic imine (C=N–C) groups is 1. The highest BCUT2D eigenvalue weighted by Gasteiger charge is 2.12. The molecule has 0 aliphatic carbocycles. The molecule has 162 valence electrons. The zero-order chi connectivity index (χ0) is 21.1. The molecule has 0 spiro atoms. The summed E-state index contributed by atoms with van der Waals surface area (Å²) in [6.07, 6.45) is 0.815. The van der Waals surface area contributed by atoms with Crippen molar-refractivity contribution in [3.8, 4) is 17.6 Å². The normalized spacial score (nSPS) is 10.7. The average Bonchev–Trinajstić information content (AvgIpc) is 2.73. The van der Waals surface area contributed by atoms with Gasteiger partial charge in [0.1, 0.15) is 11.5 Å². The van der Waals surface area contributed by atoms with Gasteiger partial charge in [0.2, 0.25) is 0 Å². The molecule has 0 bridgehead atoms. The van der Waals surface area contributed by atoms with Crippen LogP contribution in [0.2, 0.25) is 0 Å². The van der Waals surface area contributed by atoms with Crippen molar-refractivity contribution in [3.63, 3.8) is 0 Å². The number of nitriles is 1. The van der Waals surface area contributed by atoms with Crippen molar-refractivity contribution in [1.82, 2.24) is 10.6 Å². The van der Waals surface area contributed by atoms with Gasteiger partial charge in [-0.15, -0.1) is 24.0 Å². The van der Waals surface area contributed by atoms with Gasteiger partial charge in [0.25, 0.3) is 0 Å². The molecule has 0 radical (unpaired) electrons. The van der Waals surface area contributed by atoms with Gasteiger partial charge >= 0.3 is 6.61 Å². The lowest BCUT2D eigenvalue weighted by atomic mass is 10.1. The number of halogens is 3. The third kappa shape index (κ3) is 8.41. The Hall–Kier alpha value is -2.61. The summed E-state index contributed by atoms with van der Waals surface area (Å²) in [6.45, 7) is 0.269. The first-order chi connectivity index (χ1) is 14.0. The fourth-order valence-corrected chi connectivity index (χ4v) is 2.48. The van der Waals surface area contributed by atoms with Gasteiger partial charge in [-0.05, 0) is 36.2 Å². The van der Waals surface area contributed by atoms with Gasteiger partial charge < -0.3 is 20.1 Å². The van der Waals surface area contributed by atoms with E-state index >= 15 is 0 Å². The van der Waals surface area contributed by atoms with Crippen LogP contribution in [0.1, 0.15) is 30.0 Å². The van der Waals surface area contributed by atoms with Gasteiger partial charge in [0, 0.05) is 31.8 Å². The van der Waals surface area contributed by atoms with Crippen LogP contribution in [-0.4, -0.2) is 26.2 Å². The van der Waals surface area contributed by atoms with Crippen molar-refractivity contribution in [1.29, 1.82) is 5.26 Å². The Morgan fingerprint density at radius 3 is 2.43 bits per heavy atom. The van der Waals surface area contributed by atoms with Crippen molar-refractivity contribution in [2.75, 3.05) is 13.7 Å². The largest absolute Gasteiger partial charge is 0.493 e. The molecule has 0 heterocycles. The molecule has 0 atom stereocenters. The van der Waals surface area contributed by atoms with E-state index in [0.29, 0.717) is 36.0 Å². The maximum atomic E-state index is 12.8. The Balaban J connectivity index is 0.00000450. The summed E-state index contributed by atoms with van der Waals surface area (Å²) in [6, 6.07) is 14.1. The van der Waals surface area contributed by atoms with Gasteiger partial charge in [0.15, 0.2) is 5.96 Å². The number of alkyl halides is 2. The van der Waals surface area contributed by atoms with Gasteiger partial charge in [-0.3, -0.25) is 4.99 Å². The number of rotatable bonds is 9. The molecule has 2 rings (SSSR count). The first-order valence-electron chi connectivity index (χ1n) is 9.19. The monoisotopic (exact) mass is 530 g/mol. The van der Waals surface area contributed by atoms with Crippen LogP contribution >= 0.6 is 24.0 Å². The minimum Gasteiger partial charge on any atom is -0.493 e. The van der Waals surface area contributed by atoms with Crippen LogP contribution < -0.4 is 20.1 Å². The maximum absolute atomic E-state index is 12.8. The summed E-state index contributed by atoms with van der Waals surface area (Å²) in [7, 11) is 1.62. The highest BCUT2D eigenvalue weighted by Crippen LogP contribution is 2.26. The van der Waals surface area contributed by atoms with E-state index in [-0.39, 0.29) is 36.3 Å². The maximum Gasteiger partial charge on any atom is 0.387 e. The van der Waals surface area contributed by atoms with E-state index in [1.165, 1.54) is 6.07 Å². The number of nitrogens with one attached hydrogen (secondary N) is 2. The number of hydrogen-bond donors (Lipinski definition) is 2. The molecular formula is C21H25F2IN4O2. The number of ether oxygens (including phenoxy) is 2. The van der Waals surface area contributed by atoms with E-state index in [1.54, 1.807) is 31.3 Å². The Morgan fingerprint density at radius 1 is 1.13 bits per heavy atom. The molecule has 0 fully saturated rings. The van der Waals surface area contributed by atoms with Crippen LogP contribution in [0.4, 0.5) is 8.78 Å². The Kier molecular flexibility index (Phi) is 11.5. The standard InChI is InChI=1S/C21H24F2N4O2.HI/c1-3-10-28-18-9-8-17(19(11-18)29-20(22)23)14-27-21(25-2)26-13-16-6-4-15(12-24)5-7-16;/h4-9,11,20H,3,10,13-14H2,1-2H3,(H2,25,26,27);1H. The molecule has 0 aliphatic heterocycles. The zero-order valence-electron chi connectivity index (χ0n) is 16.8. The van der Waals surface area contributed by atoms with Crippen molar-refractivity contribution >= 4 is 29.9 Å². The SMILES string of the molecule is CCCOc1ccc(CNC(=NC)NCc2ccc(C#N)cc2)c(OC(F)F)c1.I. The molecular weight excluding hydrogens is 505 g/mol. The molecule has 0 aromatic heterocycles. The number of guanidine groups is 1. The van der Waals surface area contributed by atoms with Gasteiger partial charge in [-0.1, -0.05) is 19.1 Å². The molecule has 0 aliphatic rings. The fourth-order valence-electron chi connectivity index (χ4n) is 2.48. The molecule has 0 amide bonds. The first kappa shape index (κ1) is 25.4. The number of nitrogens with zero attached hydrogens (tertiary/aromatic N) is 2. The summed E-state index contributed by atoms with van der Waals surface area (Å²) in [5.41, 5.74) is 2.12. The van der Waals surface area contributed by atoms with Gasteiger partial charge in [-0.2, -0.15) is 14.0 Å². The number of hydrogen-bond acceptors (Lipinski definition) is 4. The van der Waals surface area contributed by atoms with Crippen molar-refractivity contribution in [2.24, 2.45) is 4.99 Å². The lowest BCUT2D eigenvalue weighted by Gasteiger charge is -2.16. The van der Waals surface area contributed by atoms with Crippen LogP contribution in [0.3, 0.4) is 0 Å². The topological polar surface area (TPSA) is 78.7 Å². The molecule has 2 aromatic rings. The minimum absolute atomic E-state index is 0. The van der Waals surface area contributed by atoms with E-state index in [9.17, 15) is 8.78 Å². The van der Waals surface area contributed by atoms with Gasteiger partial charge in [0.05, 0.1) is 18.2 Å². The quantitative estimate of drug-likeness (QED) is 0.285. The van der Waals surface area contributed by atoms with E-state index < -0.39 is 6.61 Å². The average molecular weight is 530 g/mol. The van der Waals surface area contributed by atoms with E-state index in [1.807, 2.05) is 19.1 Å². The highest BCUT2D eigenvalue weighted by atomic mass is 127. The molecule has 6 nitrogen and oxygen atoms in total. The third-order valence-corrected chi connectivity index (χ3v) is 3.94. The van der Waals surface area contributed by atoms with Crippen molar-refractivity contribution in [2.45, 2.75) is 33.0 Å². The summed E-state index contributed by atoms with van der Waals surface area (Å²) in [4.78, 5) is 4.13. The highest BCUT2D eigenvalue weighted by molar-refractivity contribution is 14.0. The lowest BCUT2D eigenvalue weighted by Crippen LogP contribution is -2.36. The fraction of sp³-hybridized carbons (Fsp3) is 0.333. The molecule has 2 aromatic carbocycles. The predicted octanol–water partition coefficient (Wildman–Crippen LogP) is 4.43. The second kappa shape index (κ2) is 13.6. The summed E-state index contributed by atoms with van der Waals surface area (Å²) < 4.78 is 35.7. The Bertz CT molecular complexity index is 855. The summed E-state index contributed by atoms with van der Waals surface area (Å²) >= 11 is 0. The third-order valence-electron chi connectivity index (χ3n) is 3.94. The second-order valence-electron chi connectivity index (χ2n) is 6.08. The summed E-state index contributed by atoms with van der Waals surface area (Å²) in [5.74, 6) is 1.04. The van der Waals surface area contributed by atoms with Crippen LogP contribution in [-0.2, 0) is 13.1 Å². The van der Waals surface area contributed by atoms with Crippen LogP contribution in [0.25, 0.3) is 0 Å². The van der Waals surface area contributed by atoms with Crippen LogP contribution in [0, 0.1) is 11.3 Å². The van der Waals surface area contributed by atoms with Crippen LogP contribution in [0.15, 0.2) is 47.5 Å². The molecule has 0 saturated carbocycles. The second-order valence-corrected chi connectivity index (χ2v) is 6.08. The Morgan fingerprint density at radius 2 is 1.83 bits per heavy atom. The number of benzene rings is 2. The molecule has 0 saturated heterocycles. The minimum atomic E-state index is -2.93. The zero-order valence-corrected chi connectivity index (χ0v) is 19.2. The van der Waals surface area contributed by atoms with E-state index in [2.05, 4.69) is 26.4 Å². The lowest BCUT2D eigenvalue weighted by molar-refractivity contribution is -0.0505. The molecule has 0 unspecified atom stereocenters. The van der Waals surface area contributed by atoms with Crippen LogP contribution in [0.5, 0.6) is 11.5 Å². The predicted molar refractivity (Wildman–Crippen MR) is 122 cm³/mol. The van der Waals surface area contributed by atoms with Crippen molar-refractivity contribution < 1.29 is 18.3 Å². The van der Waals surface area contributed by atoms with Crippen molar-refractivity contribution in [3.05, 3.63) is 59.2 Å². The van der Waals surface area contributed by atoms with E-state index in [0.717, 1.165) is 12.0 Å².